The van der Waals surface area contributed by atoms with Crippen molar-refractivity contribution in [2.24, 2.45) is 0 Å². The van der Waals surface area contributed by atoms with Crippen molar-refractivity contribution in [3.8, 4) is 0 Å². The molecule has 0 aliphatic carbocycles. The fourth-order valence-electron chi connectivity index (χ4n) is 2.84. The van der Waals surface area contributed by atoms with E-state index in [0.717, 1.165) is 5.52 Å². The molecule has 2 aromatic carbocycles. The van der Waals surface area contributed by atoms with Crippen LogP contribution in [0.15, 0.2) is 42.5 Å². The zero-order valence-electron chi connectivity index (χ0n) is 15.6. The normalized spacial score (nSPS) is 13.1. The number of aromatic nitrogens is 2. The first-order valence-corrected chi connectivity index (χ1v) is 9.77. The number of hydrogen-bond donors (Lipinski definition) is 4. The second-order valence-electron chi connectivity index (χ2n) is 6.58. The number of nitrogens with one attached hydrogen (secondary N) is 3. The van der Waals surface area contributed by atoms with Crippen molar-refractivity contribution in [2.75, 3.05) is 6.54 Å². The van der Waals surface area contributed by atoms with E-state index >= 15 is 0 Å². The van der Waals surface area contributed by atoms with Crippen LogP contribution in [0.2, 0.25) is 10.0 Å². The van der Waals surface area contributed by atoms with Crippen LogP contribution in [0.25, 0.3) is 10.9 Å². The lowest BCUT2D eigenvalue weighted by Gasteiger charge is -2.15. The summed E-state index contributed by atoms with van der Waals surface area (Å²) in [6, 6.07) is 11.4. The Hall–Kier alpha value is -2.61. The third-order valence-corrected chi connectivity index (χ3v) is 5.21. The second-order valence-corrected chi connectivity index (χ2v) is 7.40. The molecule has 4 N–H and O–H groups in total. The Morgan fingerprint density at radius 2 is 1.93 bits per heavy atom. The zero-order valence-corrected chi connectivity index (χ0v) is 17.1. The Kier molecular flexibility index (Phi) is 6.74. The molecule has 152 valence electrons. The number of aliphatic hydroxyl groups is 1. The highest BCUT2D eigenvalue weighted by Crippen LogP contribution is 2.26. The highest BCUT2D eigenvalue weighted by atomic mass is 35.5. The van der Waals surface area contributed by atoms with E-state index in [9.17, 15) is 14.7 Å². The minimum Gasteiger partial charge on any atom is -0.388 e. The Bertz CT molecular complexity index is 1040. The molecule has 0 spiro atoms. The molecule has 0 bridgehead atoms. The summed E-state index contributed by atoms with van der Waals surface area (Å²) in [6.45, 7) is 1.81. The molecule has 0 aliphatic heterocycles. The monoisotopic (exact) mass is 434 g/mol. The first-order valence-electron chi connectivity index (χ1n) is 9.01. The van der Waals surface area contributed by atoms with E-state index in [1.54, 1.807) is 31.2 Å². The summed E-state index contributed by atoms with van der Waals surface area (Å²) >= 11 is 11.8. The third kappa shape index (κ3) is 5.06. The average Bonchev–Trinajstić information content (AvgIpc) is 3.14. The van der Waals surface area contributed by atoms with E-state index < -0.39 is 18.1 Å². The van der Waals surface area contributed by atoms with Crippen molar-refractivity contribution in [3.63, 3.8) is 0 Å². The van der Waals surface area contributed by atoms with Gasteiger partial charge in [0, 0.05) is 11.9 Å². The van der Waals surface area contributed by atoms with Crippen LogP contribution in [0.4, 0.5) is 0 Å². The molecule has 7 nitrogen and oxygen atoms in total. The molecule has 2 atom stereocenters. The molecule has 1 heterocycles. The van der Waals surface area contributed by atoms with Gasteiger partial charge in [-0.2, -0.15) is 5.10 Å². The maximum absolute atomic E-state index is 12.4. The number of aromatic amines is 1. The van der Waals surface area contributed by atoms with Crippen LogP contribution in [0.5, 0.6) is 0 Å². The zero-order chi connectivity index (χ0) is 21.0. The van der Waals surface area contributed by atoms with Crippen LogP contribution >= 0.6 is 23.2 Å². The molecule has 2 unspecified atom stereocenters. The quantitative estimate of drug-likeness (QED) is 0.457. The average molecular weight is 435 g/mol. The number of carbonyl (C=O) groups excluding carboxylic acids is 2. The minimum absolute atomic E-state index is 0.228. The SMILES string of the molecule is CC(NC(=O)c1n[nH]c2ccccc12)C(=O)NCCC(O)c1ccc(Cl)c(Cl)c1. The number of halogens is 2. The molecule has 3 rings (SSSR count). The van der Waals surface area contributed by atoms with Gasteiger partial charge in [-0.15, -0.1) is 0 Å². The molecule has 0 saturated carbocycles. The predicted molar refractivity (Wildman–Crippen MR) is 112 cm³/mol. The van der Waals surface area contributed by atoms with Crippen molar-refractivity contribution < 1.29 is 14.7 Å². The van der Waals surface area contributed by atoms with Crippen LogP contribution in [0.3, 0.4) is 0 Å². The standard InChI is InChI=1S/C20H20Cl2N4O3/c1-11(24-20(29)18-13-4-2-3-5-16(13)25-26-18)19(28)23-9-8-17(27)12-6-7-14(21)15(22)10-12/h2-7,10-11,17,27H,8-9H2,1H3,(H,23,28)(H,24,29)(H,25,26). The van der Waals surface area contributed by atoms with Gasteiger partial charge in [0.2, 0.25) is 5.91 Å². The number of rotatable bonds is 7. The number of nitrogens with zero attached hydrogens (tertiary/aromatic N) is 1. The number of para-hydroxylation sites is 1. The summed E-state index contributed by atoms with van der Waals surface area (Å²) in [6.07, 6.45) is -0.514. The first-order chi connectivity index (χ1) is 13.9. The van der Waals surface area contributed by atoms with E-state index in [1.807, 2.05) is 18.2 Å². The van der Waals surface area contributed by atoms with Crippen LogP contribution in [-0.2, 0) is 4.79 Å². The summed E-state index contributed by atoms with van der Waals surface area (Å²) in [5, 5.41) is 23.8. The maximum Gasteiger partial charge on any atom is 0.273 e. The maximum atomic E-state index is 12.4. The van der Waals surface area contributed by atoms with E-state index in [1.165, 1.54) is 0 Å². The summed E-state index contributed by atoms with van der Waals surface area (Å²) in [5.74, 6) is -0.805. The molecule has 0 aliphatic rings. The van der Waals surface area contributed by atoms with Crippen LogP contribution < -0.4 is 10.6 Å². The number of aliphatic hydroxyl groups excluding tert-OH is 1. The number of carbonyl (C=O) groups is 2. The molecule has 0 saturated heterocycles. The van der Waals surface area contributed by atoms with Crippen molar-refractivity contribution in [1.29, 1.82) is 0 Å². The van der Waals surface area contributed by atoms with E-state index in [2.05, 4.69) is 20.8 Å². The van der Waals surface area contributed by atoms with E-state index in [0.29, 0.717) is 21.0 Å². The first kappa shape index (κ1) is 21.1. The topological polar surface area (TPSA) is 107 Å². The molecule has 29 heavy (non-hydrogen) atoms. The lowest BCUT2D eigenvalue weighted by molar-refractivity contribution is -0.122. The van der Waals surface area contributed by atoms with Gasteiger partial charge in [-0.05, 0) is 37.1 Å². The van der Waals surface area contributed by atoms with Gasteiger partial charge in [0.15, 0.2) is 5.69 Å². The Labute approximate surface area is 177 Å². The summed E-state index contributed by atoms with van der Waals surface area (Å²) in [4.78, 5) is 24.7. The summed E-state index contributed by atoms with van der Waals surface area (Å²) < 4.78 is 0. The number of fused-ring (bicyclic) bond motifs is 1. The van der Waals surface area contributed by atoms with Crippen LogP contribution in [0.1, 0.15) is 35.5 Å². The molecule has 0 fully saturated rings. The van der Waals surface area contributed by atoms with Crippen LogP contribution in [-0.4, -0.2) is 39.7 Å². The van der Waals surface area contributed by atoms with Gasteiger partial charge in [0.1, 0.15) is 6.04 Å². The van der Waals surface area contributed by atoms with Crippen LogP contribution in [0, 0.1) is 0 Å². The Balaban J connectivity index is 1.50. The Morgan fingerprint density at radius 3 is 2.69 bits per heavy atom. The Morgan fingerprint density at radius 1 is 1.17 bits per heavy atom. The van der Waals surface area contributed by atoms with Gasteiger partial charge in [-0.25, -0.2) is 0 Å². The van der Waals surface area contributed by atoms with Gasteiger partial charge in [0.05, 0.1) is 21.7 Å². The van der Waals surface area contributed by atoms with Gasteiger partial charge in [-0.3, -0.25) is 14.7 Å². The fraction of sp³-hybridized carbons (Fsp3) is 0.250. The lowest BCUT2D eigenvalue weighted by Crippen LogP contribution is -2.45. The van der Waals surface area contributed by atoms with Crippen molar-refractivity contribution >= 4 is 45.9 Å². The molecular formula is C20H20Cl2N4O3. The molecule has 2 amide bonds. The molecular weight excluding hydrogens is 415 g/mol. The predicted octanol–water partition coefficient (Wildman–Crippen LogP) is 3.23. The minimum atomic E-state index is -0.801. The lowest BCUT2D eigenvalue weighted by atomic mass is 10.1. The van der Waals surface area contributed by atoms with Crippen molar-refractivity contribution in [1.82, 2.24) is 20.8 Å². The summed E-state index contributed by atoms with van der Waals surface area (Å²) in [7, 11) is 0. The van der Waals surface area contributed by atoms with E-state index in [4.69, 9.17) is 23.2 Å². The van der Waals surface area contributed by atoms with Crippen molar-refractivity contribution in [2.45, 2.75) is 25.5 Å². The number of hydrogen-bond acceptors (Lipinski definition) is 4. The number of benzene rings is 2. The third-order valence-electron chi connectivity index (χ3n) is 4.47. The number of H-pyrrole nitrogens is 1. The van der Waals surface area contributed by atoms with Gasteiger partial charge >= 0.3 is 0 Å². The number of amides is 2. The molecule has 1 aromatic heterocycles. The summed E-state index contributed by atoms with van der Waals surface area (Å²) in [5.41, 5.74) is 1.58. The molecule has 3 aromatic rings. The molecule has 9 heteroatoms. The largest absolute Gasteiger partial charge is 0.388 e. The highest BCUT2D eigenvalue weighted by molar-refractivity contribution is 6.42. The van der Waals surface area contributed by atoms with Gasteiger partial charge in [0.25, 0.3) is 5.91 Å². The van der Waals surface area contributed by atoms with Crippen molar-refractivity contribution in [3.05, 3.63) is 63.8 Å². The smallest absolute Gasteiger partial charge is 0.273 e. The highest BCUT2D eigenvalue weighted by Gasteiger charge is 2.20. The fourth-order valence-corrected chi connectivity index (χ4v) is 3.15. The van der Waals surface area contributed by atoms with Gasteiger partial charge in [-0.1, -0.05) is 47.5 Å². The van der Waals surface area contributed by atoms with Gasteiger partial charge < -0.3 is 15.7 Å². The molecule has 0 radical (unpaired) electrons. The second kappa shape index (κ2) is 9.26. The van der Waals surface area contributed by atoms with E-state index in [-0.39, 0.29) is 24.6 Å².